The van der Waals surface area contributed by atoms with Crippen molar-refractivity contribution in [1.29, 1.82) is 0 Å². The van der Waals surface area contributed by atoms with Crippen LogP contribution in [-0.4, -0.2) is 19.0 Å². The normalized spacial score (nSPS) is 13.4. The molecule has 0 radical (unpaired) electrons. The quantitative estimate of drug-likeness (QED) is 0.608. The van der Waals surface area contributed by atoms with Gasteiger partial charge in [-0.1, -0.05) is 44.2 Å². The summed E-state index contributed by atoms with van der Waals surface area (Å²) in [6.45, 7) is 10.5. The van der Waals surface area contributed by atoms with E-state index in [0.29, 0.717) is 5.92 Å². The van der Waals surface area contributed by atoms with Gasteiger partial charge in [-0.15, -0.1) is 0 Å². The smallest absolute Gasteiger partial charge is 0.191 e. The van der Waals surface area contributed by atoms with E-state index < -0.39 is 0 Å². The van der Waals surface area contributed by atoms with E-state index in [4.69, 9.17) is 0 Å². The number of rotatable bonds is 6. The average Bonchev–Trinajstić information content (AvgIpc) is 2.39. The fraction of sp³-hybridized carbons (Fsp3) is 0.562. The second-order valence-electron chi connectivity index (χ2n) is 5.22. The molecule has 0 aromatic heterocycles. The highest BCUT2D eigenvalue weighted by Gasteiger charge is 2.06. The third kappa shape index (κ3) is 6.27. The minimum atomic E-state index is 0.262. The molecule has 1 aromatic rings. The van der Waals surface area contributed by atoms with E-state index in [1.165, 1.54) is 5.56 Å². The number of aliphatic imine (C=N–C) groups is 1. The summed E-state index contributed by atoms with van der Waals surface area (Å²) in [7, 11) is 0. The zero-order valence-electron chi connectivity index (χ0n) is 12.6. The molecule has 1 unspecified atom stereocenters. The van der Waals surface area contributed by atoms with Gasteiger partial charge >= 0.3 is 0 Å². The van der Waals surface area contributed by atoms with Crippen LogP contribution in [0.2, 0.25) is 0 Å². The first-order valence-corrected chi connectivity index (χ1v) is 7.23. The van der Waals surface area contributed by atoms with Gasteiger partial charge in [-0.3, -0.25) is 4.99 Å². The van der Waals surface area contributed by atoms with Gasteiger partial charge in [0.25, 0.3) is 0 Å². The Morgan fingerprint density at radius 2 is 1.84 bits per heavy atom. The van der Waals surface area contributed by atoms with Crippen LogP contribution in [-0.2, 0) is 0 Å². The largest absolute Gasteiger partial charge is 0.357 e. The number of benzene rings is 1. The van der Waals surface area contributed by atoms with Gasteiger partial charge in [-0.05, 0) is 31.7 Å². The summed E-state index contributed by atoms with van der Waals surface area (Å²) >= 11 is 0. The fourth-order valence-corrected chi connectivity index (χ4v) is 1.78. The minimum Gasteiger partial charge on any atom is -0.357 e. The molecular weight excluding hydrogens is 234 g/mol. The third-order valence-electron chi connectivity index (χ3n) is 2.97. The van der Waals surface area contributed by atoms with Crippen LogP contribution >= 0.6 is 0 Å². The minimum absolute atomic E-state index is 0.262. The second-order valence-corrected chi connectivity index (χ2v) is 5.22. The van der Waals surface area contributed by atoms with Gasteiger partial charge in [-0.2, -0.15) is 0 Å². The molecule has 19 heavy (non-hydrogen) atoms. The Morgan fingerprint density at radius 3 is 2.42 bits per heavy atom. The van der Waals surface area contributed by atoms with E-state index in [1.54, 1.807) is 0 Å². The predicted molar refractivity (Wildman–Crippen MR) is 83.4 cm³/mol. The van der Waals surface area contributed by atoms with Crippen molar-refractivity contribution >= 4 is 5.96 Å². The van der Waals surface area contributed by atoms with Crippen molar-refractivity contribution in [2.75, 3.05) is 13.1 Å². The summed E-state index contributed by atoms with van der Waals surface area (Å²) in [6, 6.07) is 10.7. The highest BCUT2D eigenvalue weighted by atomic mass is 15.2. The van der Waals surface area contributed by atoms with E-state index >= 15 is 0 Å². The summed E-state index contributed by atoms with van der Waals surface area (Å²) in [6.07, 6.45) is 1.12. The zero-order chi connectivity index (χ0) is 14.1. The molecule has 0 saturated heterocycles. The van der Waals surface area contributed by atoms with Gasteiger partial charge in [-0.25, -0.2) is 0 Å². The van der Waals surface area contributed by atoms with E-state index in [1.807, 2.05) is 6.07 Å². The number of nitrogens with one attached hydrogen (secondary N) is 2. The van der Waals surface area contributed by atoms with Gasteiger partial charge in [0.2, 0.25) is 0 Å². The lowest BCUT2D eigenvalue weighted by molar-refractivity contribution is 0.592. The molecule has 3 heteroatoms. The maximum Gasteiger partial charge on any atom is 0.191 e. The molecule has 0 aliphatic rings. The Morgan fingerprint density at radius 1 is 1.16 bits per heavy atom. The van der Waals surface area contributed by atoms with Crippen LogP contribution in [0.4, 0.5) is 0 Å². The molecule has 1 aromatic carbocycles. The van der Waals surface area contributed by atoms with Crippen LogP contribution in [0, 0.1) is 5.92 Å². The van der Waals surface area contributed by atoms with Gasteiger partial charge in [0.1, 0.15) is 0 Å². The maximum absolute atomic E-state index is 4.61. The van der Waals surface area contributed by atoms with Gasteiger partial charge in [0.15, 0.2) is 5.96 Å². The lowest BCUT2D eigenvalue weighted by atomic mass is 10.1. The Kier molecular flexibility index (Phi) is 7.01. The molecule has 0 bridgehead atoms. The van der Waals surface area contributed by atoms with Gasteiger partial charge in [0, 0.05) is 13.1 Å². The van der Waals surface area contributed by atoms with Crippen LogP contribution in [0.1, 0.15) is 45.7 Å². The monoisotopic (exact) mass is 261 g/mol. The molecule has 106 valence electrons. The van der Waals surface area contributed by atoms with Crippen molar-refractivity contribution in [3.05, 3.63) is 35.9 Å². The van der Waals surface area contributed by atoms with E-state index in [0.717, 1.165) is 25.5 Å². The maximum atomic E-state index is 4.61. The Labute approximate surface area is 117 Å². The van der Waals surface area contributed by atoms with Crippen LogP contribution in [0.15, 0.2) is 35.3 Å². The van der Waals surface area contributed by atoms with Crippen LogP contribution in [0.25, 0.3) is 0 Å². The SMILES string of the molecule is CCNC(=NCCC(C)C)NC(C)c1ccccc1. The molecule has 1 rings (SSSR count). The fourth-order valence-electron chi connectivity index (χ4n) is 1.78. The number of guanidine groups is 1. The zero-order valence-corrected chi connectivity index (χ0v) is 12.6. The van der Waals surface area contributed by atoms with Gasteiger partial charge in [0.05, 0.1) is 6.04 Å². The third-order valence-corrected chi connectivity index (χ3v) is 2.97. The average molecular weight is 261 g/mol. The van der Waals surface area contributed by atoms with Crippen molar-refractivity contribution in [2.24, 2.45) is 10.9 Å². The molecule has 0 amide bonds. The highest BCUT2D eigenvalue weighted by Crippen LogP contribution is 2.10. The lowest BCUT2D eigenvalue weighted by Crippen LogP contribution is -2.38. The van der Waals surface area contributed by atoms with E-state index in [-0.39, 0.29) is 6.04 Å². The van der Waals surface area contributed by atoms with Crippen molar-refractivity contribution in [1.82, 2.24) is 10.6 Å². The summed E-state index contributed by atoms with van der Waals surface area (Å²) in [5, 5.41) is 6.74. The van der Waals surface area contributed by atoms with Crippen molar-refractivity contribution in [2.45, 2.75) is 40.2 Å². The lowest BCUT2D eigenvalue weighted by Gasteiger charge is -2.18. The van der Waals surface area contributed by atoms with Crippen molar-refractivity contribution in [3.63, 3.8) is 0 Å². The van der Waals surface area contributed by atoms with E-state index in [2.05, 4.69) is 67.6 Å². The molecule has 0 spiro atoms. The molecule has 0 aliphatic heterocycles. The second kappa shape index (κ2) is 8.57. The van der Waals surface area contributed by atoms with Crippen molar-refractivity contribution in [3.8, 4) is 0 Å². The first-order valence-electron chi connectivity index (χ1n) is 7.23. The summed E-state index contributed by atoms with van der Waals surface area (Å²) in [5.74, 6) is 1.60. The molecule has 0 heterocycles. The number of nitrogens with zero attached hydrogens (tertiary/aromatic N) is 1. The number of hydrogen-bond acceptors (Lipinski definition) is 1. The summed E-state index contributed by atoms with van der Waals surface area (Å²) in [4.78, 5) is 4.61. The topological polar surface area (TPSA) is 36.4 Å². The summed E-state index contributed by atoms with van der Waals surface area (Å²) < 4.78 is 0. The van der Waals surface area contributed by atoms with Gasteiger partial charge < -0.3 is 10.6 Å². The molecule has 2 N–H and O–H groups in total. The molecular formula is C16H27N3. The summed E-state index contributed by atoms with van der Waals surface area (Å²) in [5.41, 5.74) is 1.27. The van der Waals surface area contributed by atoms with E-state index in [9.17, 15) is 0 Å². The van der Waals surface area contributed by atoms with Crippen molar-refractivity contribution < 1.29 is 0 Å². The standard InChI is InChI=1S/C16H27N3/c1-5-17-16(18-12-11-13(2)3)19-14(4)15-9-7-6-8-10-15/h6-10,13-14H,5,11-12H2,1-4H3,(H2,17,18,19). The van der Waals surface area contributed by atoms with Crippen LogP contribution in [0.5, 0.6) is 0 Å². The predicted octanol–water partition coefficient (Wildman–Crippen LogP) is 3.35. The first-order chi connectivity index (χ1) is 9.13. The molecule has 3 nitrogen and oxygen atoms in total. The highest BCUT2D eigenvalue weighted by molar-refractivity contribution is 5.80. The van der Waals surface area contributed by atoms with Crippen LogP contribution < -0.4 is 10.6 Å². The Hall–Kier alpha value is -1.51. The Balaban J connectivity index is 2.57. The molecule has 0 aliphatic carbocycles. The molecule has 0 fully saturated rings. The molecule has 0 saturated carbocycles. The Bertz CT molecular complexity index is 371. The molecule has 1 atom stereocenters. The first kappa shape index (κ1) is 15.5. The number of hydrogen-bond donors (Lipinski definition) is 2. The van der Waals surface area contributed by atoms with Crippen LogP contribution in [0.3, 0.4) is 0 Å².